The van der Waals surface area contributed by atoms with Crippen LogP contribution in [0.1, 0.15) is 39.2 Å². The van der Waals surface area contributed by atoms with E-state index >= 15 is 0 Å². The van der Waals surface area contributed by atoms with Gasteiger partial charge in [0.2, 0.25) is 0 Å². The minimum absolute atomic E-state index is 0.0477. The van der Waals surface area contributed by atoms with Crippen LogP contribution in [0.5, 0.6) is 0 Å². The molecule has 1 fully saturated rings. The summed E-state index contributed by atoms with van der Waals surface area (Å²) in [6, 6.07) is 2.79. The molecule has 1 aromatic heterocycles. The Morgan fingerprint density at radius 1 is 1.37 bits per heavy atom. The Balaban J connectivity index is 2.32. The first-order valence-electron chi connectivity index (χ1n) is 6.50. The summed E-state index contributed by atoms with van der Waals surface area (Å²) in [6.07, 6.45) is 3.11. The smallest absolute Gasteiger partial charge is 0.184 e. The molecule has 1 aromatic carbocycles. The van der Waals surface area contributed by atoms with Crippen molar-refractivity contribution in [3.8, 4) is 0 Å². The summed E-state index contributed by atoms with van der Waals surface area (Å²) in [5.41, 5.74) is 0.878. The van der Waals surface area contributed by atoms with Crippen LogP contribution in [0.3, 0.4) is 0 Å². The van der Waals surface area contributed by atoms with Gasteiger partial charge in [-0.05, 0) is 42.6 Å². The molecule has 0 spiro atoms. The number of rotatable bonds is 1. The third-order valence-electron chi connectivity index (χ3n) is 4.28. The van der Waals surface area contributed by atoms with E-state index in [1.54, 1.807) is 10.6 Å². The maximum absolute atomic E-state index is 14.1. The predicted molar refractivity (Wildman–Crippen MR) is 73.7 cm³/mol. The minimum Gasteiger partial charge on any atom is -0.330 e. The number of H-pyrrole nitrogens is 1. The highest BCUT2D eigenvalue weighted by Gasteiger charge is 2.37. The lowest BCUT2D eigenvalue weighted by Gasteiger charge is -2.28. The van der Waals surface area contributed by atoms with Crippen LogP contribution in [-0.4, -0.2) is 9.55 Å². The molecule has 0 radical (unpaired) electrons. The average Bonchev–Trinajstić information content (AvgIpc) is 2.83. The minimum atomic E-state index is -0.828. The zero-order valence-corrected chi connectivity index (χ0v) is 11.8. The highest BCUT2D eigenvalue weighted by Crippen LogP contribution is 2.47. The van der Waals surface area contributed by atoms with Crippen molar-refractivity contribution in [1.29, 1.82) is 0 Å². The van der Waals surface area contributed by atoms with Crippen LogP contribution in [0.25, 0.3) is 11.0 Å². The van der Waals surface area contributed by atoms with Crippen molar-refractivity contribution in [3.63, 3.8) is 0 Å². The Morgan fingerprint density at radius 3 is 2.74 bits per heavy atom. The molecule has 1 unspecified atom stereocenters. The molecule has 1 aliphatic rings. The SMILES string of the molecule is CC1(C)CCCC1n1c(=S)[nH]c2ccc(F)c(F)c21. The Bertz CT molecular complexity index is 699. The molecule has 1 atom stereocenters. The van der Waals surface area contributed by atoms with Crippen molar-refractivity contribution in [3.05, 3.63) is 28.5 Å². The summed E-state index contributed by atoms with van der Waals surface area (Å²) in [6.45, 7) is 4.31. The van der Waals surface area contributed by atoms with Gasteiger partial charge in [-0.1, -0.05) is 20.3 Å². The predicted octanol–water partition coefficient (Wildman–Crippen LogP) is 4.73. The van der Waals surface area contributed by atoms with Gasteiger partial charge in [0.25, 0.3) is 0 Å². The van der Waals surface area contributed by atoms with Gasteiger partial charge in [-0.3, -0.25) is 0 Å². The molecule has 19 heavy (non-hydrogen) atoms. The van der Waals surface area contributed by atoms with E-state index in [-0.39, 0.29) is 17.0 Å². The largest absolute Gasteiger partial charge is 0.330 e. The van der Waals surface area contributed by atoms with Crippen LogP contribution in [0, 0.1) is 21.8 Å². The van der Waals surface area contributed by atoms with Crippen LogP contribution in [0.4, 0.5) is 8.78 Å². The third-order valence-corrected chi connectivity index (χ3v) is 4.58. The highest BCUT2D eigenvalue weighted by molar-refractivity contribution is 7.71. The molecule has 2 aromatic rings. The van der Waals surface area contributed by atoms with Gasteiger partial charge >= 0.3 is 0 Å². The van der Waals surface area contributed by atoms with Gasteiger partial charge in [-0.25, -0.2) is 8.78 Å². The van der Waals surface area contributed by atoms with E-state index < -0.39 is 11.6 Å². The quantitative estimate of drug-likeness (QED) is 0.750. The summed E-state index contributed by atoms with van der Waals surface area (Å²) in [7, 11) is 0. The number of hydrogen-bond acceptors (Lipinski definition) is 1. The standard InChI is InChI=1S/C14H16F2N2S/c1-14(2)7-3-4-10(14)18-12-9(17-13(18)19)6-5-8(15)11(12)16/h5-6,10H,3-4,7H2,1-2H3,(H,17,19). The number of hydrogen-bond donors (Lipinski definition) is 1. The van der Waals surface area contributed by atoms with E-state index in [2.05, 4.69) is 18.8 Å². The number of aromatic nitrogens is 2. The fraction of sp³-hybridized carbons (Fsp3) is 0.500. The first kappa shape index (κ1) is 12.8. The zero-order chi connectivity index (χ0) is 13.8. The molecule has 0 saturated heterocycles. The number of nitrogens with zero attached hydrogens (tertiary/aromatic N) is 1. The van der Waals surface area contributed by atoms with E-state index in [0.29, 0.717) is 10.3 Å². The molecule has 2 nitrogen and oxygen atoms in total. The monoisotopic (exact) mass is 282 g/mol. The summed E-state index contributed by atoms with van der Waals surface area (Å²) < 4.78 is 29.8. The molecular weight excluding hydrogens is 266 g/mol. The second-order valence-corrected chi connectivity index (χ2v) is 6.34. The van der Waals surface area contributed by atoms with Crippen molar-refractivity contribution in [2.75, 3.05) is 0 Å². The lowest BCUT2D eigenvalue weighted by Crippen LogP contribution is -2.22. The maximum atomic E-state index is 14.1. The summed E-state index contributed by atoms with van der Waals surface area (Å²) in [5, 5.41) is 0. The first-order valence-corrected chi connectivity index (χ1v) is 6.91. The number of benzene rings is 1. The van der Waals surface area contributed by atoms with Crippen molar-refractivity contribution in [2.24, 2.45) is 5.41 Å². The molecule has 5 heteroatoms. The Kier molecular flexibility index (Phi) is 2.78. The number of aromatic amines is 1. The van der Waals surface area contributed by atoms with Crippen LogP contribution >= 0.6 is 12.2 Å². The second kappa shape index (κ2) is 4.13. The fourth-order valence-electron chi connectivity index (χ4n) is 3.24. The van der Waals surface area contributed by atoms with Gasteiger partial charge in [0, 0.05) is 6.04 Å². The van der Waals surface area contributed by atoms with E-state index in [0.717, 1.165) is 25.3 Å². The molecule has 1 aliphatic carbocycles. The molecule has 102 valence electrons. The molecule has 3 rings (SSSR count). The van der Waals surface area contributed by atoms with Crippen molar-refractivity contribution < 1.29 is 8.78 Å². The molecule has 1 heterocycles. The normalized spacial score (nSPS) is 22.2. The van der Waals surface area contributed by atoms with Crippen molar-refractivity contribution in [2.45, 2.75) is 39.2 Å². The number of imidazole rings is 1. The highest BCUT2D eigenvalue weighted by atomic mass is 32.1. The van der Waals surface area contributed by atoms with E-state index in [9.17, 15) is 8.78 Å². The van der Waals surface area contributed by atoms with Gasteiger partial charge < -0.3 is 9.55 Å². The number of nitrogens with one attached hydrogen (secondary N) is 1. The number of fused-ring (bicyclic) bond motifs is 1. The van der Waals surface area contributed by atoms with Gasteiger partial charge in [0.05, 0.1) is 5.52 Å². The zero-order valence-electron chi connectivity index (χ0n) is 11.0. The van der Waals surface area contributed by atoms with E-state index in [1.807, 2.05) is 0 Å². The number of halogens is 2. The lowest BCUT2D eigenvalue weighted by atomic mass is 9.87. The van der Waals surface area contributed by atoms with Crippen molar-refractivity contribution >= 4 is 23.3 Å². The Labute approximate surface area is 115 Å². The summed E-state index contributed by atoms with van der Waals surface area (Å²) in [4.78, 5) is 2.98. The third kappa shape index (κ3) is 1.83. The Morgan fingerprint density at radius 2 is 2.11 bits per heavy atom. The van der Waals surface area contributed by atoms with Crippen LogP contribution in [0.15, 0.2) is 12.1 Å². The van der Waals surface area contributed by atoms with Gasteiger partial charge in [0.15, 0.2) is 16.4 Å². The maximum Gasteiger partial charge on any atom is 0.184 e. The average molecular weight is 282 g/mol. The first-order chi connectivity index (χ1) is 8.92. The van der Waals surface area contributed by atoms with E-state index in [4.69, 9.17) is 12.2 Å². The molecular formula is C14H16F2N2S. The fourth-order valence-corrected chi connectivity index (χ4v) is 3.57. The molecule has 0 aliphatic heterocycles. The van der Waals surface area contributed by atoms with Crippen LogP contribution in [0.2, 0.25) is 0 Å². The van der Waals surface area contributed by atoms with Gasteiger partial charge in [0.1, 0.15) is 5.52 Å². The van der Waals surface area contributed by atoms with E-state index in [1.165, 1.54) is 0 Å². The summed E-state index contributed by atoms with van der Waals surface area (Å²) in [5.74, 6) is -1.64. The second-order valence-electron chi connectivity index (χ2n) is 5.95. The van der Waals surface area contributed by atoms with Gasteiger partial charge in [-0.2, -0.15) is 0 Å². The van der Waals surface area contributed by atoms with Crippen molar-refractivity contribution in [1.82, 2.24) is 9.55 Å². The Hall–Kier alpha value is -1.23. The summed E-state index contributed by atoms with van der Waals surface area (Å²) >= 11 is 5.31. The molecule has 0 amide bonds. The topological polar surface area (TPSA) is 20.7 Å². The van der Waals surface area contributed by atoms with Crippen LogP contribution in [-0.2, 0) is 0 Å². The van der Waals surface area contributed by atoms with Crippen LogP contribution < -0.4 is 0 Å². The lowest BCUT2D eigenvalue weighted by molar-refractivity contribution is 0.262. The molecule has 1 saturated carbocycles. The molecule has 0 bridgehead atoms. The van der Waals surface area contributed by atoms with Gasteiger partial charge in [-0.15, -0.1) is 0 Å². The molecule has 1 N–H and O–H groups in total.